The molecule has 0 aliphatic carbocycles. The van der Waals surface area contributed by atoms with Gasteiger partial charge >= 0.3 is 6.30 Å². The topological polar surface area (TPSA) is 62.1 Å². The van der Waals surface area contributed by atoms with Gasteiger partial charge in [-0.1, -0.05) is 12.1 Å². The molecule has 0 bridgehead atoms. The lowest BCUT2D eigenvalue weighted by molar-refractivity contribution is -0.211. The van der Waals surface area contributed by atoms with Crippen LogP contribution in [0.3, 0.4) is 0 Å². The second-order valence-corrected chi connectivity index (χ2v) is 7.13. The molecular weight excluding hydrogens is 453 g/mol. The third-order valence-corrected chi connectivity index (χ3v) is 4.89. The maximum absolute atomic E-state index is 13.1. The normalized spacial score (nSPS) is 11.9. The second kappa shape index (κ2) is 7.18. The first-order chi connectivity index (χ1) is 13.8. The predicted molar refractivity (Wildman–Crippen MR) is 104 cm³/mol. The maximum atomic E-state index is 13.1. The summed E-state index contributed by atoms with van der Waals surface area (Å²) in [5.74, 6) is 1.39. The number of fused-ring (bicyclic) bond motifs is 3. The van der Waals surface area contributed by atoms with Crippen LogP contribution in [0.5, 0.6) is 11.6 Å². The highest BCUT2D eigenvalue weighted by molar-refractivity contribution is 9.10. The van der Waals surface area contributed by atoms with Crippen molar-refractivity contribution in [3.05, 3.63) is 52.4 Å². The summed E-state index contributed by atoms with van der Waals surface area (Å²) in [4.78, 5) is 8.65. The number of rotatable bonds is 4. The SMILES string of the molecule is COc1ccc(COc2nc(C)nc3c2cc(Br)c2nn(C(F)(F)F)cc23)cc1. The van der Waals surface area contributed by atoms with Crippen LogP contribution in [-0.4, -0.2) is 26.9 Å². The molecule has 29 heavy (non-hydrogen) atoms. The van der Waals surface area contributed by atoms with Crippen molar-refractivity contribution >= 4 is 37.7 Å². The summed E-state index contributed by atoms with van der Waals surface area (Å²) in [7, 11) is 1.58. The number of alkyl halides is 3. The van der Waals surface area contributed by atoms with Gasteiger partial charge < -0.3 is 9.47 Å². The smallest absolute Gasteiger partial charge is 0.497 e. The molecule has 150 valence electrons. The fourth-order valence-corrected chi connectivity index (χ4v) is 3.44. The van der Waals surface area contributed by atoms with Gasteiger partial charge in [0.15, 0.2) is 0 Å². The Bertz CT molecular complexity index is 1210. The summed E-state index contributed by atoms with van der Waals surface area (Å²) in [6, 6.07) is 8.96. The van der Waals surface area contributed by atoms with E-state index in [-0.39, 0.29) is 28.1 Å². The molecule has 0 aliphatic rings. The molecule has 0 unspecified atom stereocenters. The number of methoxy groups -OCH3 is 1. The van der Waals surface area contributed by atoms with Crippen molar-refractivity contribution in [1.82, 2.24) is 19.7 Å². The molecule has 4 aromatic rings. The van der Waals surface area contributed by atoms with Crippen LogP contribution in [0.1, 0.15) is 11.4 Å². The third-order valence-electron chi connectivity index (χ3n) is 4.28. The molecule has 0 radical (unpaired) electrons. The van der Waals surface area contributed by atoms with Crippen LogP contribution in [0.25, 0.3) is 21.8 Å². The Morgan fingerprint density at radius 1 is 1.07 bits per heavy atom. The van der Waals surface area contributed by atoms with Crippen LogP contribution in [0.15, 0.2) is 41.0 Å². The molecule has 2 aromatic carbocycles. The van der Waals surface area contributed by atoms with Crippen molar-refractivity contribution in [3.8, 4) is 11.6 Å². The summed E-state index contributed by atoms with van der Waals surface area (Å²) < 4.78 is 50.7. The number of ether oxygens (including phenoxy) is 2. The summed E-state index contributed by atoms with van der Waals surface area (Å²) >= 11 is 3.29. The lowest BCUT2D eigenvalue weighted by atomic mass is 10.1. The minimum Gasteiger partial charge on any atom is -0.497 e. The van der Waals surface area contributed by atoms with Gasteiger partial charge in [0, 0.05) is 16.1 Å². The largest absolute Gasteiger partial charge is 0.504 e. The van der Waals surface area contributed by atoms with Crippen molar-refractivity contribution in [2.24, 2.45) is 0 Å². The molecule has 0 atom stereocenters. The van der Waals surface area contributed by atoms with Crippen LogP contribution in [-0.2, 0) is 12.9 Å². The molecule has 0 saturated heterocycles. The Labute approximate surface area is 171 Å². The quantitative estimate of drug-likeness (QED) is 0.417. The fourth-order valence-electron chi connectivity index (χ4n) is 2.92. The predicted octanol–water partition coefficient (Wildman–Crippen LogP) is 5.11. The molecule has 0 spiro atoms. The van der Waals surface area contributed by atoms with Gasteiger partial charge in [0.25, 0.3) is 0 Å². The summed E-state index contributed by atoms with van der Waals surface area (Å²) in [6.45, 7) is 1.88. The van der Waals surface area contributed by atoms with Gasteiger partial charge in [-0.25, -0.2) is 4.98 Å². The first-order valence-corrected chi connectivity index (χ1v) is 9.24. The van der Waals surface area contributed by atoms with Gasteiger partial charge in [0.1, 0.15) is 23.7 Å². The van der Waals surface area contributed by atoms with Crippen LogP contribution in [0.2, 0.25) is 0 Å². The van der Waals surface area contributed by atoms with Crippen LogP contribution in [0.4, 0.5) is 13.2 Å². The molecule has 10 heteroatoms. The highest BCUT2D eigenvalue weighted by atomic mass is 79.9. The number of hydrogen-bond donors (Lipinski definition) is 0. The summed E-state index contributed by atoms with van der Waals surface area (Å²) in [6.07, 6.45) is -3.71. The Hall–Kier alpha value is -2.88. The number of aryl methyl sites for hydroxylation is 1. The van der Waals surface area contributed by atoms with Crippen molar-refractivity contribution in [3.63, 3.8) is 0 Å². The summed E-state index contributed by atoms with van der Waals surface area (Å²) in [5.41, 5.74) is 1.39. The molecule has 0 aliphatic heterocycles. The van der Waals surface area contributed by atoms with Gasteiger partial charge in [-0.15, -0.1) is 13.2 Å². The van der Waals surface area contributed by atoms with Crippen LogP contribution in [0, 0.1) is 6.92 Å². The van der Waals surface area contributed by atoms with E-state index in [0.717, 1.165) is 17.5 Å². The van der Waals surface area contributed by atoms with Gasteiger partial charge in [-0.05, 0) is 46.6 Å². The Morgan fingerprint density at radius 2 is 1.79 bits per heavy atom. The van der Waals surface area contributed by atoms with Gasteiger partial charge in [0.05, 0.1) is 18.0 Å². The molecular formula is C19H14BrF3N4O2. The highest BCUT2D eigenvalue weighted by Crippen LogP contribution is 2.36. The van der Waals surface area contributed by atoms with E-state index in [9.17, 15) is 13.2 Å². The van der Waals surface area contributed by atoms with E-state index in [0.29, 0.717) is 21.2 Å². The molecule has 0 fully saturated rings. The molecule has 2 aromatic heterocycles. The number of nitrogens with zero attached hydrogens (tertiary/aromatic N) is 4. The van der Waals surface area contributed by atoms with Crippen molar-refractivity contribution in [2.75, 3.05) is 7.11 Å². The van der Waals surface area contributed by atoms with Crippen LogP contribution >= 0.6 is 15.9 Å². The third kappa shape index (κ3) is 3.71. The van der Waals surface area contributed by atoms with E-state index in [1.54, 1.807) is 20.1 Å². The van der Waals surface area contributed by atoms with E-state index < -0.39 is 6.30 Å². The van der Waals surface area contributed by atoms with E-state index in [2.05, 4.69) is 31.0 Å². The van der Waals surface area contributed by atoms with Gasteiger partial charge in [-0.2, -0.15) is 14.8 Å². The number of halogens is 4. The number of aromatic nitrogens is 4. The Morgan fingerprint density at radius 3 is 2.45 bits per heavy atom. The minimum absolute atomic E-state index is 0.0306. The number of hydrogen-bond acceptors (Lipinski definition) is 5. The second-order valence-electron chi connectivity index (χ2n) is 6.27. The molecule has 6 nitrogen and oxygen atoms in total. The van der Waals surface area contributed by atoms with E-state index in [4.69, 9.17) is 9.47 Å². The molecule has 0 amide bonds. The molecule has 4 rings (SSSR count). The van der Waals surface area contributed by atoms with E-state index in [1.165, 1.54) is 0 Å². The van der Waals surface area contributed by atoms with E-state index in [1.807, 2.05) is 24.3 Å². The Kier molecular flexibility index (Phi) is 4.81. The highest BCUT2D eigenvalue weighted by Gasteiger charge is 2.32. The molecule has 0 N–H and O–H groups in total. The first-order valence-electron chi connectivity index (χ1n) is 8.45. The monoisotopic (exact) mass is 466 g/mol. The lowest BCUT2D eigenvalue weighted by Crippen LogP contribution is -2.16. The lowest BCUT2D eigenvalue weighted by Gasteiger charge is -2.10. The van der Waals surface area contributed by atoms with Crippen LogP contribution < -0.4 is 9.47 Å². The van der Waals surface area contributed by atoms with Crippen molar-refractivity contribution in [2.45, 2.75) is 19.8 Å². The molecule has 2 heterocycles. The van der Waals surface area contributed by atoms with Crippen molar-refractivity contribution in [1.29, 1.82) is 0 Å². The minimum atomic E-state index is -4.62. The molecule has 0 saturated carbocycles. The zero-order chi connectivity index (χ0) is 20.8. The number of benzene rings is 2. The van der Waals surface area contributed by atoms with Crippen molar-refractivity contribution < 1.29 is 22.6 Å². The average molecular weight is 467 g/mol. The Balaban J connectivity index is 1.78. The standard InChI is InChI=1S/C19H14BrF3N4O2/c1-10-24-16-13(7-15(20)17-14(16)8-27(26-17)19(21,22)23)18(25-10)29-9-11-3-5-12(28-2)6-4-11/h3-8H,9H2,1-2H3. The zero-order valence-corrected chi connectivity index (χ0v) is 16.9. The summed E-state index contributed by atoms with van der Waals surface area (Å²) in [5, 5.41) is 4.38. The van der Waals surface area contributed by atoms with E-state index >= 15 is 0 Å². The average Bonchev–Trinajstić information content (AvgIpc) is 3.14. The van der Waals surface area contributed by atoms with Gasteiger partial charge in [-0.3, -0.25) is 0 Å². The fraction of sp³-hybridized carbons (Fsp3) is 0.211. The maximum Gasteiger partial charge on any atom is 0.504 e. The van der Waals surface area contributed by atoms with Gasteiger partial charge in [0.2, 0.25) is 5.88 Å². The first kappa shape index (κ1) is 19.4. The zero-order valence-electron chi connectivity index (χ0n) is 15.3.